The Morgan fingerprint density at radius 1 is 1.03 bits per heavy atom. The van der Waals surface area contributed by atoms with Gasteiger partial charge in [-0.05, 0) is 36.6 Å². The summed E-state index contributed by atoms with van der Waals surface area (Å²) in [6.45, 7) is 3.77. The molecule has 6 nitrogen and oxygen atoms in total. The van der Waals surface area contributed by atoms with Crippen LogP contribution >= 0.6 is 11.3 Å². The minimum absolute atomic E-state index is 0.332. The second-order valence-corrected chi connectivity index (χ2v) is 7.83. The van der Waals surface area contributed by atoms with Gasteiger partial charge in [0.15, 0.2) is 16.3 Å². The lowest BCUT2D eigenvalue weighted by Crippen LogP contribution is -2.19. The molecule has 0 aliphatic heterocycles. The van der Waals surface area contributed by atoms with E-state index in [2.05, 4.69) is 33.8 Å². The van der Waals surface area contributed by atoms with Gasteiger partial charge in [-0.3, -0.25) is 4.79 Å². The van der Waals surface area contributed by atoms with Crippen molar-refractivity contribution in [3.05, 3.63) is 65.0 Å². The van der Waals surface area contributed by atoms with Crippen molar-refractivity contribution >= 4 is 38.2 Å². The predicted octanol–water partition coefficient (Wildman–Crippen LogP) is 4.65. The van der Waals surface area contributed by atoms with Crippen molar-refractivity contribution in [2.45, 2.75) is 13.5 Å². The van der Waals surface area contributed by atoms with Crippen molar-refractivity contribution in [1.29, 1.82) is 0 Å². The van der Waals surface area contributed by atoms with Gasteiger partial charge in [0.25, 0.3) is 5.91 Å². The van der Waals surface area contributed by atoms with Gasteiger partial charge in [0, 0.05) is 24.1 Å². The number of rotatable bonds is 7. The van der Waals surface area contributed by atoms with E-state index in [0.717, 1.165) is 21.0 Å². The van der Waals surface area contributed by atoms with E-state index in [1.54, 1.807) is 32.4 Å². The minimum atomic E-state index is -0.332. The zero-order valence-electron chi connectivity index (χ0n) is 17.8. The van der Waals surface area contributed by atoms with E-state index < -0.39 is 0 Å². The smallest absolute Gasteiger partial charge is 0.279 e. The molecule has 1 aromatic heterocycles. The van der Waals surface area contributed by atoms with Crippen LogP contribution < -0.4 is 14.3 Å². The molecule has 1 amide bonds. The van der Waals surface area contributed by atoms with Gasteiger partial charge in [0.2, 0.25) is 0 Å². The molecular formula is C24H24N2O4S. The predicted molar refractivity (Wildman–Crippen MR) is 123 cm³/mol. The van der Waals surface area contributed by atoms with Gasteiger partial charge in [-0.1, -0.05) is 41.7 Å². The van der Waals surface area contributed by atoms with E-state index >= 15 is 0 Å². The Bertz CT molecular complexity index is 1310. The number of carbonyl (C=O) groups excluding carboxylic acids is 1. The molecule has 3 aromatic carbocycles. The van der Waals surface area contributed by atoms with Crippen molar-refractivity contribution in [2.24, 2.45) is 4.99 Å². The molecule has 0 spiro atoms. The summed E-state index contributed by atoms with van der Waals surface area (Å²) in [5.74, 6) is 0.733. The summed E-state index contributed by atoms with van der Waals surface area (Å²) >= 11 is 1.52. The number of benzene rings is 3. The summed E-state index contributed by atoms with van der Waals surface area (Å²) in [6, 6.07) is 17.5. The molecule has 160 valence electrons. The number of thiazole rings is 1. The molecule has 0 N–H and O–H groups in total. The molecule has 4 rings (SSSR count). The first kappa shape index (κ1) is 21.1. The minimum Gasteiger partial charge on any atom is -0.493 e. The Hall–Kier alpha value is -3.16. The molecule has 0 fully saturated rings. The van der Waals surface area contributed by atoms with Gasteiger partial charge in [0.1, 0.15) is 0 Å². The van der Waals surface area contributed by atoms with E-state index in [1.807, 2.05) is 19.1 Å². The number of ether oxygens (including phenoxy) is 3. The Morgan fingerprint density at radius 3 is 2.61 bits per heavy atom. The Morgan fingerprint density at radius 2 is 1.84 bits per heavy atom. The monoisotopic (exact) mass is 436 g/mol. The lowest BCUT2D eigenvalue weighted by Gasteiger charge is -2.08. The van der Waals surface area contributed by atoms with E-state index in [-0.39, 0.29) is 5.91 Å². The van der Waals surface area contributed by atoms with Crippen LogP contribution in [-0.4, -0.2) is 37.9 Å². The number of nitrogens with zero attached hydrogens (tertiary/aromatic N) is 2. The second-order valence-electron chi connectivity index (χ2n) is 6.85. The molecule has 0 radical (unpaired) electrons. The maximum Gasteiger partial charge on any atom is 0.279 e. The van der Waals surface area contributed by atoms with Gasteiger partial charge in [-0.2, -0.15) is 4.99 Å². The summed E-state index contributed by atoms with van der Waals surface area (Å²) < 4.78 is 19.3. The average Bonchev–Trinajstić information content (AvgIpc) is 3.16. The topological polar surface area (TPSA) is 62.1 Å². The highest BCUT2D eigenvalue weighted by Gasteiger charge is 2.13. The SMILES string of the molecule is CCOCCn1c(=NC(=O)c2ccc(OC)c(OC)c2)sc2c3ccccc3ccc21. The Balaban J connectivity index is 1.84. The van der Waals surface area contributed by atoms with Crippen LogP contribution in [0.5, 0.6) is 11.5 Å². The highest BCUT2D eigenvalue weighted by molar-refractivity contribution is 7.17. The molecule has 0 aliphatic carbocycles. The van der Waals surface area contributed by atoms with E-state index in [0.29, 0.717) is 41.6 Å². The zero-order valence-corrected chi connectivity index (χ0v) is 18.6. The fourth-order valence-corrected chi connectivity index (χ4v) is 4.71. The maximum atomic E-state index is 13.0. The molecule has 7 heteroatoms. The van der Waals surface area contributed by atoms with Crippen LogP contribution in [0.15, 0.2) is 59.6 Å². The van der Waals surface area contributed by atoms with Crippen molar-refractivity contribution in [2.75, 3.05) is 27.4 Å². The molecule has 0 saturated heterocycles. The normalized spacial score (nSPS) is 11.9. The van der Waals surface area contributed by atoms with Crippen LogP contribution in [0.25, 0.3) is 21.0 Å². The first-order valence-corrected chi connectivity index (χ1v) is 10.9. The molecule has 0 bridgehead atoms. The largest absolute Gasteiger partial charge is 0.493 e. The standard InChI is InChI=1S/C24H24N2O4S/c1-4-30-14-13-26-19-11-9-16-7-5-6-8-18(16)22(19)31-24(26)25-23(27)17-10-12-20(28-2)21(15-17)29-3/h5-12,15H,4,13-14H2,1-3H3. The third-order valence-electron chi connectivity index (χ3n) is 5.06. The van der Waals surface area contributed by atoms with Crippen LogP contribution in [0, 0.1) is 0 Å². The molecular weight excluding hydrogens is 412 g/mol. The highest BCUT2D eigenvalue weighted by Crippen LogP contribution is 2.29. The fourth-order valence-electron chi connectivity index (χ4n) is 3.52. The van der Waals surface area contributed by atoms with Gasteiger partial charge in [-0.25, -0.2) is 0 Å². The number of fused-ring (bicyclic) bond motifs is 3. The number of hydrogen-bond acceptors (Lipinski definition) is 5. The van der Waals surface area contributed by atoms with Gasteiger partial charge < -0.3 is 18.8 Å². The summed E-state index contributed by atoms with van der Waals surface area (Å²) in [5.41, 5.74) is 1.48. The summed E-state index contributed by atoms with van der Waals surface area (Å²) in [5, 5.41) is 2.31. The van der Waals surface area contributed by atoms with Crippen LogP contribution in [0.4, 0.5) is 0 Å². The van der Waals surface area contributed by atoms with Gasteiger partial charge in [-0.15, -0.1) is 0 Å². The number of carbonyl (C=O) groups is 1. The zero-order chi connectivity index (χ0) is 21.8. The lowest BCUT2D eigenvalue weighted by molar-refractivity contribution is 0.0996. The summed E-state index contributed by atoms with van der Waals surface area (Å²) in [4.78, 5) is 18.1. The maximum absolute atomic E-state index is 13.0. The molecule has 0 atom stereocenters. The number of hydrogen-bond donors (Lipinski definition) is 0. The quantitative estimate of drug-likeness (QED) is 0.396. The van der Waals surface area contributed by atoms with E-state index in [9.17, 15) is 4.79 Å². The fraction of sp³-hybridized carbons (Fsp3) is 0.250. The molecule has 31 heavy (non-hydrogen) atoms. The molecule has 0 saturated carbocycles. The van der Waals surface area contributed by atoms with Crippen LogP contribution in [0.3, 0.4) is 0 Å². The van der Waals surface area contributed by atoms with Crippen molar-refractivity contribution in [3.8, 4) is 11.5 Å². The first-order valence-electron chi connectivity index (χ1n) is 10.1. The van der Waals surface area contributed by atoms with E-state index in [1.165, 1.54) is 11.3 Å². The molecule has 0 aliphatic rings. The first-order chi connectivity index (χ1) is 15.2. The van der Waals surface area contributed by atoms with E-state index in [4.69, 9.17) is 14.2 Å². The van der Waals surface area contributed by atoms with Crippen LogP contribution in [0.1, 0.15) is 17.3 Å². The molecule has 1 heterocycles. The number of aromatic nitrogens is 1. The number of amides is 1. The van der Waals surface area contributed by atoms with Gasteiger partial charge in [0.05, 0.1) is 31.0 Å². The highest BCUT2D eigenvalue weighted by atomic mass is 32.1. The summed E-state index contributed by atoms with van der Waals surface area (Å²) in [6.07, 6.45) is 0. The third kappa shape index (κ3) is 4.19. The van der Waals surface area contributed by atoms with Gasteiger partial charge >= 0.3 is 0 Å². The summed E-state index contributed by atoms with van der Waals surface area (Å²) in [7, 11) is 3.11. The second kappa shape index (κ2) is 9.32. The molecule has 0 unspecified atom stereocenters. The Labute approximate surface area is 184 Å². The third-order valence-corrected chi connectivity index (χ3v) is 6.19. The average molecular weight is 437 g/mol. The van der Waals surface area contributed by atoms with Crippen molar-refractivity contribution < 1.29 is 19.0 Å². The van der Waals surface area contributed by atoms with Crippen molar-refractivity contribution in [3.63, 3.8) is 0 Å². The van der Waals surface area contributed by atoms with Crippen LogP contribution in [0.2, 0.25) is 0 Å². The molecule has 4 aromatic rings. The number of methoxy groups -OCH3 is 2. The van der Waals surface area contributed by atoms with Crippen molar-refractivity contribution in [1.82, 2.24) is 4.57 Å². The Kier molecular flexibility index (Phi) is 6.34. The lowest BCUT2D eigenvalue weighted by atomic mass is 10.1. The van der Waals surface area contributed by atoms with Crippen LogP contribution in [-0.2, 0) is 11.3 Å².